The lowest BCUT2D eigenvalue weighted by Crippen LogP contribution is -2.54. The van der Waals surface area contributed by atoms with Gasteiger partial charge in [0.05, 0.1) is 28.0 Å². The van der Waals surface area contributed by atoms with Gasteiger partial charge < -0.3 is 25.6 Å². The van der Waals surface area contributed by atoms with Crippen LogP contribution in [0.25, 0.3) is 0 Å². The number of amides is 6. The fourth-order valence-electron chi connectivity index (χ4n) is 6.71. The van der Waals surface area contributed by atoms with Gasteiger partial charge in [0.2, 0.25) is 11.8 Å². The molecule has 2 aromatic carbocycles. The first-order chi connectivity index (χ1) is 26.4. The Balaban J connectivity index is 0.886. The molecule has 4 aromatic rings. The van der Waals surface area contributed by atoms with Gasteiger partial charge in [0, 0.05) is 32.1 Å². The van der Waals surface area contributed by atoms with E-state index in [1.165, 1.54) is 35.7 Å². The van der Waals surface area contributed by atoms with Crippen molar-refractivity contribution >= 4 is 80.8 Å². The van der Waals surface area contributed by atoms with Crippen LogP contribution in [-0.4, -0.2) is 87.6 Å². The molecule has 1 atom stereocenters. The highest BCUT2D eigenvalue weighted by atomic mass is 35.5. The highest BCUT2D eigenvalue weighted by Gasteiger charge is 2.46. The number of nitrogens with one attached hydrogen (secondary N) is 4. The number of nitrogens with zero attached hydrogens (tertiary/aromatic N) is 5. The van der Waals surface area contributed by atoms with E-state index in [-0.39, 0.29) is 54.1 Å². The summed E-state index contributed by atoms with van der Waals surface area (Å²) in [6.45, 7) is 5.12. The van der Waals surface area contributed by atoms with E-state index in [0.717, 1.165) is 29.1 Å². The van der Waals surface area contributed by atoms with Crippen molar-refractivity contribution < 1.29 is 33.5 Å². The van der Waals surface area contributed by atoms with Gasteiger partial charge in [0.25, 0.3) is 23.6 Å². The lowest BCUT2D eigenvalue weighted by atomic mass is 9.97. The third-order valence-corrected chi connectivity index (χ3v) is 10.8. The Morgan fingerprint density at radius 1 is 1.02 bits per heavy atom. The van der Waals surface area contributed by atoms with Crippen molar-refractivity contribution in [1.82, 2.24) is 30.5 Å². The second-order valence-corrected chi connectivity index (χ2v) is 14.8. The van der Waals surface area contributed by atoms with Crippen molar-refractivity contribution in [3.63, 3.8) is 0 Å². The maximum absolute atomic E-state index is 13.3. The molecule has 4 N–H and O–H groups in total. The van der Waals surface area contributed by atoms with Gasteiger partial charge in [-0.3, -0.25) is 39.0 Å². The number of ether oxygens (including phenoxy) is 1. The fraction of sp³-hybridized carbons (Fsp3) is 0.324. The average Bonchev–Trinajstić information content (AvgIpc) is 3.73. The zero-order chi connectivity index (χ0) is 38.8. The lowest BCUT2D eigenvalue weighted by molar-refractivity contribution is -0.136. The van der Waals surface area contributed by atoms with Crippen LogP contribution >= 0.6 is 22.9 Å². The van der Waals surface area contributed by atoms with Crippen molar-refractivity contribution in [2.75, 3.05) is 41.8 Å². The molecule has 2 fully saturated rings. The summed E-state index contributed by atoms with van der Waals surface area (Å²) in [6, 6.07) is 10.6. The predicted molar refractivity (Wildman–Crippen MR) is 203 cm³/mol. The standard InChI is InChI=1S/C37H36ClN9O7S/c1-19-5-3-7-23(38)32(19)45-34(51)26-17-40-37(55-26)43-27-15-28(42-20(2)41-27)46-13-11-21(12-14-46)16-39-30(49)18-54-25-8-4-6-22-31(25)36(53)47(35(22)52)24-9-10-29(48)44-33(24)50/h3-8,15,17,21,24H,9-14,16,18H2,1-2H3,(H,39,49)(H,45,51)(H,44,48,50)(H,40,41,42,43). The van der Waals surface area contributed by atoms with E-state index in [2.05, 4.69) is 41.1 Å². The summed E-state index contributed by atoms with van der Waals surface area (Å²) < 4.78 is 5.71. The first-order valence-corrected chi connectivity index (χ1v) is 18.8. The molecule has 3 aliphatic rings. The molecule has 0 bridgehead atoms. The van der Waals surface area contributed by atoms with Crippen LogP contribution in [0.1, 0.15) is 67.5 Å². The maximum Gasteiger partial charge on any atom is 0.267 e. The summed E-state index contributed by atoms with van der Waals surface area (Å²) in [5, 5.41) is 12.1. The van der Waals surface area contributed by atoms with E-state index in [0.29, 0.717) is 52.0 Å². The van der Waals surface area contributed by atoms with Crippen LogP contribution in [0.3, 0.4) is 0 Å². The van der Waals surface area contributed by atoms with E-state index < -0.39 is 29.7 Å². The fourth-order valence-corrected chi connectivity index (χ4v) is 7.70. The maximum atomic E-state index is 13.3. The van der Waals surface area contributed by atoms with Crippen molar-refractivity contribution in [3.05, 3.63) is 81.1 Å². The molecule has 0 saturated carbocycles. The topological polar surface area (TPSA) is 205 Å². The number of aryl methyl sites for hydroxylation is 2. The van der Waals surface area contributed by atoms with Gasteiger partial charge in [0.15, 0.2) is 11.7 Å². The number of carbonyl (C=O) groups is 6. The molecule has 0 aliphatic carbocycles. The Labute approximate surface area is 324 Å². The third kappa shape index (κ3) is 8.12. The van der Waals surface area contributed by atoms with Crippen LogP contribution < -0.4 is 30.9 Å². The number of piperidine rings is 2. The molecule has 5 heterocycles. The highest BCUT2D eigenvalue weighted by Crippen LogP contribution is 2.34. The number of anilines is 4. The Hall–Kier alpha value is -5.94. The van der Waals surface area contributed by atoms with Gasteiger partial charge in [-0.2, -0.15) is 0 Å². The molecule has 55 heavy (non-hydrogen) atoms. The van der Waals surface area contributed by atoms with Gasteiger partial charge >= 0.3 is 0 Å². The Kier molecular flexibility index (Phi) is 10.7. The normalized spacial score (nSPS) is 17.2. The number of imide groups is 2. The smallest absolute Gasteiger partial charge is 0.267 e. The summed E-state index contributed by atoms with van der Waals surface area (Å²) in [4.78, 5) is 93.0. The van der Waals surface area contributed by atoms with E-state index in [4.69, 9.17) is 16.3 Å². The van der Waals surface area contributed by atoms with Gasteiger partial charge in [-0.1, -0.05) is 41.1 Å². The first-order valence-electron chi connectivity index (χ1n) is 17.6. The Morgan fingerprint density at radius 3 is 2.56 bits per heavy atom. The van der Waals surface area contributed by atoms with E-state index in [9.17, 15) is 28.8 Å². The number of para-hydroxylation sites is 1. The molecule has 0 radical (unpaired) electrons. The minimum atomic E-state index is -1.10. The quantitative estimate of drug-likeness (QED) is 0.159. The van der Waals surface area contributed by atoms with Crippen LogP contribution in [0, 0.1) is 19.8 Å². The molecule has 16 nitrogen and oxygen atoms in total. The Bertz CT molecular complexity index is 2200. The van der Waals surface area contributed by atoms with Crippen LogP contribution in [-0.2, 0) is 14.4 Å². The number of hydrogen-bond donors (Lipinski definition) is 4. The van der Waals surface area contributed by atoms with E-state index in [1.54, 1.807) is 13.0 Å². The summed E-state index contributed by atoms with van der Waals surface area (Å²) in [6.07, 6.45) is 3.13. The number of rotatable bonds is 11. The van der Waals surface area contributed by atoms with Crippen molar-refractivity contribution in [2.45, 2.75) is 45.6 Å². The SMILES string of the molecule is Cc1nc(Nc2ncc(C(=O)Nc3c(C)cccc3Cl)s2)cc(N2CCC(CNC(=O)COc3cccc4c3C(=O)N(C3CCC(=O)NC3=O)C4=O)CC2)n1. The van der Waals surface area contributed by atoms with Crippen molar-refractivity contribution in [1.29, 1.82) is 0 Å². The third-order valence-electron chi connectivity index (χ3n) is 9.56. The number of hydrogen-bond acceptors (Lipinski definition) is 13. The molecule has 3 aliphatic heterocycles. The highest BCUT2D eigenvalue weighted by molar-refractivity contribution is 7.17. The van der Waals surface area contributed by atoms with Crippen LogP contribution in [0.2, 0.25) is 5.02 Å². The van der Waals surface area contributed by atoms with Crippen LogP contribution in [0.5, 0.6) is 5.75 Å². The number of benzene rings is 2. The van der Waals surface area contributed by atoms with Crippen molar-refractivity contribution in [3.8, 4) is 5.75 Å². The zero-order valence-electron chi connectivity index (χ0n) is 29.8. The number of carbonyl (C=O) groups excluding carboxylic acids is 6. The number of fused-ring (bicyclic) bond motifs is 1. The molecule has 284 valence electrons. The minimum absolute atomic E-state index is 0.0102. The summed E-state index contributed by atoms with van der Waals surface area (Å²) in [5.41, 5.74) is 1.46. The molecular formula is C37H36ClN9O7S. The van der Waals surface area contributed by atoms with E-state index in [1.807, 2.05) is 25.1 Å². The largest absolute Gasteiger partial charge is 0.483 e. The van der Waals surface area contributed by atoms with Gasteiger partial charge in [-0.05, 0) is 62.8 Å². The molecule has 7 rings (SSSR count). The first kappa shape index (κ1) is 37.4. The van der Waals surface area contributed by atoms with E-state index >= 15 is 0 Å². The number of thiazole rings is 1. The van der Waals surface area contributed by atoms with Crippen molar-refractivity contribution in [2.24, 2.45) is 5.92 Å². The summed E-state index contributed by atoms with van der Waals surface area (Å²) >= 11 is 7.46. The molecule has 18 heteroatoms. The molecule has 2 aromatic heterocycles. The minimum Gasteiger partial charge on any atom is -0.483 e. The molecule has 0 spiro atoms. The summed E-state index contributed by atoms with van der Waals surface area (Å²) in [5.74, 6) is -1.11. The molecule has 1 unspecified atom stereocenters. The van der Waals surface area contributed by atoms with Crippen LogP contribution in [0.4, 0.5) is 22.5 Å². The van der Waals surface area contributed by atoms with Gasteiger partial charge in [-0.15, -0.1) is 0 Å². The monoisotopic (exact) mass is 785 g/mol. The molecule has 2 saturated heterocycles. The number of halogens is 1. The summed E-state index contributed by atoms with van der Waals surface area (Å²) in [7, 11) is 0. The second kappa shape index (κ2) is 15.8. The average molecular weight is 786 g/mol. The van der Waals surface area contributed by atoms with Gasteiger partial charge in [0.1, 0.15) is 34.1 Å². The predicted octanol–water partition coefficient (Wildman–Crippen LogP) is 4.01. The second-order valence-electron chi connectivity index (χ2n) is 13.3. The molecular weight excluding hydrogens is 750 g/mol. The lowest BCUT2D eigenvalue weighted by Gasteiger charge is -2.33. The number of aromatic nitrogens is 3. The van der Waals surface area contributed by atoms with Crippen LogP contribution in [0.15, 0.2) is 48.7 Å². The zero-order valence-corrected chi connectivity index (χ0v) is 31.4. The molecule has 6 amide bonds. The van der Waals surface area contributed by atoms with Gasteiger partial charge in [-0.25, -0.2) is 15.0 Å². The Morgan fingerprint density at radius 2 is 1.80 bits per heavy atom.